The second-order valence-electron chi connectivity index (χ2n) is 4.30. The molecule has 2 N–H and O–H groups in total. The zero-order chi connectivity index (χ0) is 15.8. The van der Waals surface area contributed by atoms with Gasteiger partial charge >= 0.3 is 11.9 Å². The largest absolute Gasteiger partial charge is 0.480 e. The van der Waals surface area contributed by atoms with Gasteiger partial charge in [-0.25, -0.2) is 0 Å². The van der Waals surface area contributed by atoms with Crippen LogP contribution in [-0.2, 0) is 24.5 Å². The highest BCUT2D eigenvalue weighted by Gasteiger charge is 2.27. The van der Waals surface area contributed by atoms with Crippen LogP contribution in [0.2, 0.25) is 0 Å². The first kappa shape index (κ1) is 18.8. The van der Waals surface area contributed by atoms with E-state index in [0.29, 0.717) is 13.0 Å². The second-order valence-corrected chi connectivity index (χ2v) is 6.11. The zero-order valence-corrected chi connectivity index (χ0v) is 12.8. The van der Waals surface area contributed by atoms with E-state index in [0.717, 1.165) is 10.7 Å². The summed E-state index contributed by atoms with van der Waals surface area (Å²) in [6, 6.07) is -1.36. The van der Waals surface area contributed by atoms with E-state index < -0.39 is 28.2 Å². The maximum Gasteiger partial charge on any atom is 0.321 e. The molecule has 0 amide bonds. The Morgan fingerprint density at radius 3 is 2.45 bits per heavy atom. The van der Waals surface area contributed by atoms with Gasteiger partial charge in [-0.2, -0.15) is 17.4 Å². The Hall–Kier alpha value is -1.19. The summed E-state index contributed by atoms with van der Waals surface area (Å²) in [5.74, 6) is -1.92. The van der Waals surface area contributed by atoms with Crippen LogP contribution in [0.25, 0.3) is 0 Å². The molecule has 0 rings (SSSR count). The van der Waals surface area contributed by atoms with Crippen LogP contribution in [0.1, 0.15) is 32.6 Å². The SMILES string of the molecule is CCCCN(C)S(=O)(=O)N[C@@H](CCC(=O)OC)C(=O)O. The molecule has 0 spiro atoms. The monoisotopic (exact) mass is 310 g/mol. The molecule has 0 saturated heterocycles. The van der Waals surface area contributed by atoms with Crippen molar-refractivity contribution in [3.8, 4) is 0 Å². The molecule has 0 unspecified atom stereocenters. The van der Waals surface area contributed by atoms with E-state index in [9.17, 15) is 18.0 Å². The third-order valence-corrected chi connectivity index (χ3v) is 4.28. The number of hydrogen-bond donors (Lipinski definition) is 2. The van der Waals surface area contributed by atoms with Gasteiger partial charge in [-0.1, -0.05) is 13.3 Å². The molecule has 0 fully saturated rings. The number of hydrogen-bond acceptors (Lipinski definition) is 5. The Morgan fingerprint density at radius 2 is 2.00 bits per heavy atom. The molecule has 9 heteroatoms. The van der Waals surface area contributed by atoms with Crippen LogP contribution in [0.5, 0.6) is 0 Å². The predicted octanol–water partition coefficient (Wildman–Crippen LogP) is -0.0409. The Bertz CT molecular complexity index is 423. The molecule has 0 aromatic carbocycles. The van der Waals surface area contributed by atoms with Crippen molar-refractivity contribution in [1.82, 2.24) is 9.03 Å². The van der Waals surface area contributed by atoms with Gasteiger partial charge in [0, 0.05) is 20.0 Å². The van der Waals surface area contributed by atoms with Gasteiger partial charge in [0.25, 0.3) is 10.2 Å². The third kappa shape index (κ3) is 6.83. The van der Waals surface area contributed by atoms with Crippen LogP contribution in [0.4, 0.5) is 0 Å². The zero-order valence-electron chi connectivity index (χ0n) is 12.0. The average Bonchev–Trinajstić information content (AvgIpc) is 2.39. The molecule has 20 heavy (non-hydrogen) atoms. The predicted molar refractivity (Wildman–Crippen MR) is 72.3 cm³/mol. The summed E-state index contributed by atoms with van der Waals surface area (Å²) in [5.41, 5.74) is 0. The normalized spacial score (nSPS) is 13.2. The molecule has 0 radical (unpaired) electrons. The van der Waals surface area contributed by atoms with E-state index in [1.54, 1.807) is 0 Å². The van der Waals surface area contributed by atoms with Gasteiger partial charge < -0.3 is 9.84 Å². The number of nitrogens with one attached hydrogen (secondary N) is 1. The first-order chi connectivity index (χ1) is 9.24. The number of methoxy groups -OCH3 is 1. The second kappa shape index (κ2) is 8.88. The molecule has 8 nitrogen and oxygen atoms in total. The van der Waals surface area contributed by atoms with Crippen molar-refractivity contribution in [2.24, 2.45) is 0 Å². The molecule has 0 saturated carbocycles. The van der Waals surface area contributed by atoms with Crippen molar-refractivity contribution in [2.75, 3.05) is 20.7 Å². The van der Waals surface area contributed by atoms with Gasteiger partial charge in [0.1, 0.15) is 6.04 Å². The number of rotatable bonds is 10. The lowest BCUT2D eigenvalue weighted by molar-refractivity contribution is -0.142. The van der Waals surface area contributed by atoms with Gasteiger partial charge in [0.2, 0.25) is 0 Å². The van der Waals surface area contributed by atoms with E-state index in [-0.39, 0.29) is 12.8 Å². The topological polar surface area (TPSA) is 113 Å². The number of unbranched alkanes of at least 4 members (excludes halogenated alkanes) is 1. The standard InChI is InChI=1S/C11H22N2O6S/c1-4-5-8-13(2)20(17,18)12-9(11(15)16)6-7-10(14)19-3/h9,12H,4-8H2,1-3H3,(H,15,16)/t9-/m0/s1. The number of carboxylic acid groups (broad SMARTS) is 1. The minimum Gasteiger partial charge on any atom is -0.480 e. The van der Waals surface area contributed by atoms with Crippen LogP contribution in [-0.4, -0.2) is 56.5 Å². The van der Waals surface area contributed by atoms with Crippen molar-refractivity contribution in [3.05, 3.63) is 0 Å². The summed E-state index contributed by atoms with van der Waals surface area (Å²) in [6.45, 7) is 2.22. The van der Waals surface area contributed by atoms with Crippen molar-refractivity contribution in [3.63, 3.8) is 0 Å². The Balaban J connectivity index is 4.64. The van der Waals surface area contributed by atoms with E-state index in [1.165, 1.54) is 14.2 Å². The summed E-state index contributed by atoms with van der Waals surface area (Å²) < 4.78 is 31.3. The van der Waals surface area contributed by atoms with E-state index in [4.69, 9.17) is 5.11 Å². The van der Waals surface area contributed by atoms with Crippen LogP contribution < -0.4 is 4.72 Å². The minimum absolute atomic E-state index is 0.164. The van der Waals surface area contributed by atoms with Crippen molar-refractivity contribution >= 4 is 22.1 Å². The molecule has 1 atom stereocenters. The average molecular weight is 310 g/mol. The maximum atomic E-state index is 11.9. The summed E-state index contributed by atoms with van der Waals surface area (Å²) in [4.78, 5) is 22.0. The molecule has 0 aliphatic heterocycles. The van der Waals surface area contributed by atoms with Gasteiger partial charge in [0.15, 0.2) is 0 Å². The van der Waals surface area contributed by atoms with E-state index in [1.807, 2.05) is 6.92 Å². The van der Waals surface area contributed by atoms with Gasteiger partial charge in [-0.3, -0.25) is 9.59 Å². The maximum absolute atomic E-state index is 11.9. The first-order valence-corrected chi connectivity index (χ1v) is 7.71. The van der Waals surface area contributed by atoms with Crippen LogP contribution in [0.3, 0.4) is 0 Å². The van der Waals surface area contributed by atoms with E-state index in [2.05, 4.69) is 9.46 Å². The Kier molecular flexibility index (Phi) is 8.35. The van der Waals surface area contributed by atoms with E-state index >= 15 is 0 Å². The molecule has 0 aromatic heterocycles. The number of esters is 1. The molecule has 0 bridgehead atoms. The van der Waals surface area contributed by atoms with Crippen LogP contribution >= 0.6 is 0 Å². The number of carbonyl (C=O) groups excluding carboxylic acids is 1. The number of carbonyl (C=O) groups is 2. The fraction of sp³-hybridized carbons (Fsp3) is 0.818. The summed E-state index contributed by atoms with van der Waals surface area (Å²) >= 11 is 0. The minimum atomic E-state index is -3.88. The lowest BCUT2D eigenvalue weighted by Crippen LogP contribution is -2.47. The molecule has 0 heterocycles. The lowest BCUT2D eigenvalue weighted by atomic mass is 10.2. The first-order valence-electron chi connectivity index (χ1n) is 6.27. The molecule has 118 valence electrons. The number of nitrogens with zero attached hydrogens (tertiary/aromatic N) is 1. The summed E-state index contributed by atoms with van der Waals surface area (Å²) in [5, 5.41) is 8.98. The molecular weight excluding hydrogens is 288 g/mol. The van der Waals surface area contributed by atoms with Gasteiger partial charge in [-0.05, 0) is 12.8 Å². The third-order valence-electron chi connectivity index (χ3n) is 2.69. The highest BCUT2D eigenvalue weighted by Crippen LogP contribution is 2.05. The highest BCUT2D eigenvalue weighted by molar-refractivity contribution is 7.87. The van der Waals surface area contributed by atoms with Crippen LogP contribution in [0, 0.1) is 0 Å². The Morgan fingerprint density at radius 1 is 1.40 bits per heavy atom. The lowest BCUT2D eigenvalue weighted by Gasteiger charge is -2.20. The number of carboxylic acids is 1. The van der Waals surface area contributed by atoms with Crippen LogP contribution in [0.15, 0.2) is 0 Å². The van der Waals surface area contributed by atoms with Crippen molar-refractivity contribution < 1.29 is 27.9 Å². The molecule has 0 aliphatic carbocycles. The summed E-state index contributed by atoms with van der Waals surface area (Å²) in [6.07, 6.45) is 1.17. The number of ether oxygens (including phenoxy) is 1. The molecule has 0 aliphatic rings. The summed E-state index contributed by atoms with van der Waals surface area (Å²) in [7, 11) is -1.33. The fourth-order valence-electron chi connectivity index (χ4n) is 1.37. The van der Waals surface area contributed by atoms with Gasteiger partial charge in [0.05, 0.1) is 7.11 Å². The smallest absolute Gasteiger partial charge is 0.321 e. The number of aliphatic carboxylic acids is 1. The quantitative estimate of drug-likeness (QED) is 0.547. The Labute approximate surface area is 119 Å². The van der Waals surface area contributed by atoms with Gasteiger partial charge in [-0.15, -0.1) is 0 Å². The molecular formula is C11H22N2O6S. The highest BCUT2D eigenvalue weighted by atomic mass is 32.2. The molecule has 0 aromatic rings. The van der Waals surface area contributed by atoms with Crippen molar-refractivity contribution in [1.29, 1.82) is 0 Å². The fourth-order valence-corrected chi connectivity index (χ4v) is 2.50. The van der Waals surface area contributed by atoms with Crippen molar-refractivity contribution in [2.45, 2.75) is 38.6 Å².